The number of fused-ring (bicyclic) bond motifs is 1. The van der Waals surface area contributed by atoms with Gasteiger partial charge in [-0.25, -0.2) is 29.1 Å². The van der Waals surface area contributed by atoms with Gasteiger partial charge in [-0.05, 0) is 35.8 Å². The maximum absolute atomic E-state index is 15.2. The fourth-order valence-corrected chi connectivity index (χ4v) is 5.39. The van der Waals surface area contributed by atoms with Gasteiger partial charge in [0, 0.05) is 38.5 Å². The predicted octanol–water partition coefficient (Wildman–Crippen LogP) is 5.54. The molecule has 6 rings (SSSR count). The molecule has 2 N–H and O–H groups in total. The van der Waals surface area contributed by atoms with Gasteiger partial charge in [0.1, 0.15) is 23.2 Å². The number of halogens is 1. The number of hydrogen-bond acceptors (Lipinski definition) is 9. The van der Waals surface area contributed by atoms with Gasteiger partial charge in [-0.2, -0.15) is 0 Å². The van der Waals surface area contributed by atoms with E-state index < -0.39 is 11.8 Å². The number of carbonyl (C=O) groups excluding carboxylic acids is 1. The largest absolute Gasteiger partial charge is 0.455 e. The van der Waals surface area contributed by atoms with Crippen LogP contribution in [0.3, 0.4) is 0 Å². The summed E-state index contributed by atoms with van der Waals surface area (Å²) >= 11 is 0. The SMILES string of the molecule is CN1C(C(C)(C)C)C=C(NC(=O)Nc2ccc(Oc3ccnc4nc(N5CCOCC5)cnc34)cc2F)N1c1ccccc1. The first-order valence-electron chi connectivity index (χ1n) is 14.5. The molecule has 12 heteroatoms. The summed E-state index contributed by atoms with van der Waals surface area (Å²) in [4.78, 5) is 28.7. The molecule has 1 unspecified atom stereocenters. The van der Waals surface area contributed by atoms with Crippen LogP contribution in [0.25, 0.3) is 11.2 Å². The molecule has 1 fully saturated rings. The van der Waals surface area contributed by atoms with Crippen molar-refractivity contribution < 1.29 is 18.7 Å². The number of ether oxygens (including phenoxy) is 2. The quantitative estimate of drug-likeness (QED) is 0.296. The number of morpholine rings is 1. The summed E-state index contributed by atoms with van der Waals surface area (Å²) in [6.07, 6.45) is 5.25. The van der Waals surface area contributed by atoms with E-state index in [-0.39, 0.29) is 22.9 Å². The van der Waals surface area contributed by atoms with Gasteiger partial charge in [-0.15, -0.1) is 0 Å². The van der Waals surface area contributed by atoms with Crippen LogP contribution in [0.4, 0.5) is 26.4 Å². The third-order valence-electron chi connectivity index (χ3n) is 7.54. The summed E-state index contributed by atoms with van der Waals surface area (Å²) in [5, 5.41) is 9.54. The summed E-state index contributed by atoms with van der Waals surface area (Å²) in [5.74, 6) is 1.27. The monoisotopic (exact) mass is 598 g/mol. The number of urea groups is 1. The maximum atomic E-state index is 15.2. The molecule has 2 amide bonds. The van der Waals surface area contributed by atoms with Crippen LogP contribution in [0.1, 0.15) is 20.8 Å². The molecule has 1 atom stereocenters. The molecule has 0 aliphatic carbocycles. The van der Waals surface area contributed by atoms with Gasteiger partial charge in [0.25, 0.3) is 0 Å². The Morgan fingerprint density at radius 1 is 1.05 bits per heavy atom. The van der Waals surface area contributed by atoms with Crippen molar-refractivity contribution in [1.29, 1.82) is 0 Å². The normalized spacial score (nSPS) is 17.5. The minimum atomic E-state index is -0.651. The minimum absolute atomic E-state index is 0.00923. The van der Waals surface area contributed by atoms with E-state index >= 15 is 4.39 Å². The van der Waals surface area contributed by atoms with Gasteiger partial charge in [-0.1, -0.05) is 39.0 Å². The molecular weight excluding hydrogens is 563 g/mol. The molecule has 0 bridgehead atoms. The lowest BCUT2D eigenvalue weighted by Gasteiger charge is -2.37. The molecule has 2 aromatic heterocycles. The smallest absolute Gasteiger partial charge is 0.324 e. The highest BCUT2D eigenvalue weighted by molar-refractivity contribution is 5.91. The van der Waals surface area contributed by atoms with Crippen molar-refractivity contribution in [3.05, 3.63) is 84.7 Å². The number of pyridine rings is 1. The predicted molar refractivity (Wildman–Crippen MR) is 167 cm³/mol. The van der Waals surface area contributed by atoms with E-state index in [4.69, 9.17) is 9.47 Å². The van der Waals surface area contributed by atoms with Crippen molar-refractivity contribution in [2.75, 3.05) is 48.6 Å². The van der Waals surface area contributed by atoms with E-state index in [1.165, 1.54) is 12.1 Å². The van der Waals surface area contributed by atoms with Gasteiger partial charge in [0.2, 0.25) is 0 Å². The van der Waals surface area contributed by atoms with E-state index in [1.54, 1.807) is 24.5 Å². The summed E-state index contributed by atoms with van der Waals surface area (Å²) in [5.41, 5.74) is 1.69. The second-order valence-corrected chi connectivity index (χ2v) is 11.7. The molecule has 0 radical (unpaired) electrons. The first-order valence-corrected chi connectivity index (χ1v) is 14.5. The molecule has 4 aromatic rings. The van der Waals surface area contributed by atoms with Gasteiger partial charge in [-0.3, -0.25) is 10.3 Å². The van der Waals surface area contributed by atoms with Crippen molar-refractivity contribution >= 4 is 34.4 Å². The van der Waals surface area contributed by atoms with Crippen LogP contribution in [-0.4, -0.2) is 65.4 Å². The number of nitrogens with one attached hydrogen (secondary N) is 2. The van der Waals surface area contributed by atoms with Crippen LogP contribution in [0.15, 0.2) is 78.9 Å². The second-order valence-electron chi connectivity index (χ2n) is 11.7. The van der Waals surface area contributed by atoms with Crippen molar-refractivity contribution in [2.45, 2.75) is 26.8 Å². The first kappa shape index (κ1) is 29.3. The topological polar surface area (TPSA) is 108 Å². The average molecular weight is 599 g/mol. The van der Waals surface area contributed by atoms with Crippen LogP contribution in [0.5, 0.6) is 11.5 Å². The van der Waals surface area contributed by atoms with E-state index in [1.807, 2.05) is 48.5 Å². The highest BCUT2D eigenvalue weighted by Crippen LogP contribution is 2.35. The number of benzene rings is 2. The van der Waals surface area contributed by atoms with Gasteiger partial charge < -0.3 is 19.7 Å². The highest BCUT2D eigenvalue weighted by atomic mass is 19.1. The van der Waals surface area contributed by atoms with E-state index in [9.17, 15) is 4.79 Å². The standard InChI is InChI=1S/C32H35FN8O3/c1-32(2,3)26-19-27(41(39(26)4)21-8-6-5-7-9-21)38-31(42)36-24-11-10-22(18-23(24)33)44-25-12-13-34-30-29(25)35-20-28(37-30)40-14-16-43-17-15-40/h5-13,18-20,26H,14-17H2,1-4H3,(H2,36,38,42). The summed E-state index contributed by atoms with van der Waals surface area (Å²) in [6, 6.07) is 15.1. The fraction of sp³-hybridized carbons (Fsp3) is 0.312. The summed E-state index contributed by atoms with van der Waals surface area (Å²) < 4.78 is 26.6. The van der Waals surface area contributed by atoms with E-state index in [0.29, 0.717) is 41.8 Å². The summed E-state index contributed by atoms with van der Waals surface area (Å²) in [6.45, 7) is 9.14. The van der Waals surface area contributed by atoms with Crippen molar-refractivity contribution in [3.8, 4) is 11.5 Å². The number of nitrogens with zero attached hydrogens (tertiary/aromatic N) is 6. The zero-order valence-corrected chi connectivity index (χ0v) is 25.1. The Balaban J connectivity index is 1.16. The Hall–Kier alpha value is -4.81. The number of likely N-dealkylation sites (N-methyl/N-ethyl adjacent to an activating group) is 1. The minimum Gasteiger partial charge on any atom is -0.455 e. The Labute approximate surface area is 255 Å². The number of carbonyl (C=O) groups is 1. The Kier molecular flexibility index (Phi) is 8.02. The third kappa shape index (κ3) is 6.12. The van der Waals surface area contributed by atoms with Crippen LogP contribution in [0, 0.1) is 11.2 Å². The molecule has 2 aliphatic rings. The lowest BCUT2D eigenvalue weighted by Crippen LogP contribution is -2.47. The zero-order chi connectivity index (χ0) is 30.8. The van der Waals surface area contributed by atoms with Crippen LogP contribution < -0.4 is 25.3 Å². The number of amides is 2. The lowest BCUT2D eigenvalue weighted by atomic mass is 9.87. The molecule has 4 heterocycles. The zero-order valence-electron chi connectivity index (χ0n) is 25.1. The van der Waals surface area contributed by atoms with E-state index in [2.05, 4.69) is 56.3 Å². The first-order chi connectivity index (χ1) is 21.2. The number of rotatable bonds is 6. The number of anilines is 3. The Morgan fingerprint density at radius 3 is 2.55 bits per heavy atom. The van der Waals surface area contributed by atoms with Gasteiger partial charge in [0.05, 0.1) is 36.8 Å². The molecule has 2 aliphatic heterocycles. The molecule has 44 heavy (non-hydrogen) atoms. The number of para-hydroxylation sites is 1. The number of aromatic nitrogens is 3. The maximum Gasteiger partial charge on any atom is 0.324 e. The molecule has 11 nitrogen and oxygen atoms in total. The van der Waals surface area contributed by atoms with Crippen molar-refractivity contribution in [1.82, 2.24) is 25.3 Å². The Morgan fingerprint density at radius 2 is 1.82 bits per heavy atom. The molecule has 228 valence electrons. The van der Waals surface area contributed by atoms with Crippen molar-refractivity contribution in [3.63, 3.8) is 0 Å². The molecule has 0 saturated carbocycles. The highest BCUT2D eigenvalue weighted by Gasteiger charge is 2.38. The number of hydrogen-bond donors (Lipinski definition) is 2. The molecule has 0 spiro atoms. The lowest BCUT2D eigenvalue weighted by molar-refractivity contribution is 0.122. The second kappa shape index (κ2) is 12.1. The third-order valence-corrected chi connectivity index (χ3v) is 7.54. The average Bonchev–Trinajstić information content (AvgIpc) is 3.35. The van der Waals surface area contributed by atoms with Crippen LogP contribution in [0.2, 0.25) is 0 Å². The van der Waals surface area contributed by atoms with Crippen LogP contribution >= 0.6 is 0 Å². The number of hydrazine groups is 1. The Bertz CT molecular complexity index is 1690. The summed E-state index contributed by atoms with van der Waals surface area (Å²) in [7, 11) is 1.98. The van der Waals surface area contributed by atoms with Crippen molar-refractivity contribution in [2.24, 2.45) is 5.41 Å². The van der Waals surface area contributed by atoms with Gasteiger partial charge >= 0.3 is 6.03 Å². The van der Waals surface area contributed by atoms with Gasteiger partial charge in [0.15, 0.2) is 16.9 Å². The van der Waals surface area contributed by atoms with Crippen LogP contribution in [-0.2, 0) is 4.74 Å². The molecule has 1 saturated heterocycles. The molecular formula is C32H35FN8O3. The fourth-order valence-electron chi connectivity index (χ4n) is 5.39. The van der Waals surface area contributed by atoms with E-state index in [0.717, 1.165) is 18.8 Å². The molecule has 2 aromatic carbocycles.